The maximum atomic E-state index is 5.41. The molecule has 0 bridgehead atoms. The molecular weight excluding hydrogens is 148 g/mol. The fraction of sp³-hybridized carbons (Fsp3) is 1.00. The van der Waals surface area contributed by atoms with Crippen molar-refractivity contribution in [2.45, 2.75) is 25.7 Å². The van der Waals surface area contributed by atoms with E-state index in [9.17, 15) is 0 Å². The third kappa shape index (κ3) is 1.99. The first-order valence-corrected chi connectivity index (χ1v) is 5.31. The van der Waals surface area contributed by atoms with Crippen molar-refractivity contribution in [1.29, 1.82) is 0 Å². The molecule has 0 aromatic carbocycles. The van der Waals surface area contributed by atoms with Crippen LogP contribution in [0.1, 0.15) is 25.7 Å². The molecule has 3 N–H and O–H groups in total. The Labute approximate surface area is 74.9 Å². The van der Waals surface area contributed by atoms with Crippen LogP contribution >= 0.6 is 0 Å². The number of hydrogen-bond acceptors (Lipinski definition) is 2. The van der Waals surface area contributed by atoms with E-state index >= 15 is 0 Å². The van der Waals surface area contributed by atoms with E-state index in [0.29, 0.717) is 0 Å². The van der Waals surface area contributed by atoms with E-state index in [2.05, 4.69) is 5.32 Å². The van der Waals surface area contributed by atoms with Crippen molar-refractivity contribution in [1.82, 2.24) is 5.32 Å². The van der Waals surface area contributed by atoms with E-state index in [1.807, 2.05) is 0 Å². The lowest BCUT2D eigenvalue weighted by atomic mass is 10.0. The fourth-order valence-corrected chi connectivity index (χ4v) is 2.54. The minimum absolute atomic E-state index is 0.822. The van der Waals surface area contributed by atoms with Crippen LogP contribution in [0.5, 0.6) is 0 Å². The van der Waals surface area contributed by atoms with Gasteiger partial charge in [0.2, 0.25) is 0 Å². The smallest absolute Gasteiger partial charge is 0.00203 e. The lowest BCUT2D eigenvalue weighted by molar-refractivity contribution is 0.446. The summed E-state index contributed by atoms with van der Waals surface area (Å²) < 4.78 is 0. The Bertz CT molecular complexity index is 137. The third-order valence-electron chi connectivity index (χ3n) is 3.33. The van der Waals surface area contributed by atoms with Crippen LogP contribution in [0, 0.1) is 17.8 Å². The van der Waals surface area contributed by atoms with Gasteiger partial charge >= 0.3 is 0 Å². The molecule has 2 aliphatic carbocycles. The standard InChI is InChI=1S/C10H20N2/c11-2-1-3-12-7-8-4-9-6-10(9)5-8/h8-10,12H,1-7,11H2. The van der Waals surface area contributed by atoms with Gasteiger partial charge in [-0.3, -0.25) is 0 Å². The molecule has 2 unspecified atom stereocenters. The quantitative estimate of drug-likeness (QED) is 0.600. The molecule has 0 aromatic heterocycles. The van der Waals surface area contributed by atoms with Crippen LogP contribution in [0.4, 0.5) is 0 Å². The van der Waals surface area contributed by atoms with Gasteiger partial charge in [-0.1, -0.05) is 0 Å². The number of nitrogens with one attached hydrogen (secondary N) is 1. The summed E-state index contributed by atoms with van der Waals surface area (Å²) >= 11 is 0. The zero-order valence-electron chi connectivity index (χ0n) is 7.76. The second-order valence-corrected chi connectivity index (χ2v) is 4.44. The third-order valence-corrected chi connectivity index (χ3v) is 3.33. The normalized spacial score (nSPS) is 38.2. The molecule has 2 nitrogen and oxygen atoms in total. The summed E-state index contributed by atoms with van der Waals surface area (Å²) in [6.45, 7) is 3.18. The average molecular weight is 168 g/mol. The van der Waals surface area contributed by atoms with Crippen LogP contribution in [-0.4, -0.2) is 19.6 Å². The minimum Gasteiger partial charge on any atom is -0.330 e. The van der Waals surface area contributed by atoms with Gasteiger partial charge < -0.3 is 11.1 Å². The average Bonchev–Trinajstić information content (AvgIpc) is 2.69. The highest BCUT2D eigenvalue weighted by atomic mass is 14.9. The van der Waals surface area contributed by atoms with Gasteiger partial charge in [-0.05, 0) is 63.1 Å². The Morgan fingerprint density at radius 1 is 1.17 bits per heavy atom. The highest BCUT2D eigenvalue weighted by molar-refractivity contribution is 4.96. The highest BCUT2D eigenvalue weighted by Gasteiger charge is 2.45. The van der Waals surface area contributed by atoms with Crippen LogP contribution < -0.4 is 11.1 Å². The van der Waals surface area contributed by atoms with Gasteiger partial charge in [0.05, 0.1) is 0 Å². The van der Waals surface area contributed by atoms with E-state index in [1.54, 1.807) is 6.42 Å². The van der Waals surface area contributed by atoms with Gasteiger partial charge in [0.15, 0.2) is 0 Å². The van der Waals surface area contributed by atoms with Gasteiger partial charge in [0, 0.05) is 0 Å². The van der Waals surface area contributed by atoms with E-state index in [1.165, 1.54) is 19.4 Å². The summed E-state index contributed by atoms with van der Waals surface area (Å²) in [6, 6.07) is 0. The molecule has 0 spiro atoms. The molecule has 0 heterocycles. The van der Waals surface area contributed by atoms with Crippen molar-refractivity contribution in [3.8, 4) is 0 Å². The summed E-state index contributed by atoms with van der Waals surface area (Å²) in [5, 5.41) is 3.49. The van der Waals surface area contributed by atoms with E-state index < -0.39 is 0 Å². The maximum Gasteiger partial charge on any atom is -0.00203 e. The van der Waals surface area contributed by atoms with Gasteiger partial charge in [0.25, 0.3) is 0 Å². The number of hydrogen-bond donors (Lipinski definition) is 2. The highest BCUT2D eigenvalue weighted by Crippen LogP contribution is 2.54. The molecule has 0 aromatic rings. The largest absolute Gasteiger partial charge is 0.330 e. The predicted molar refractivity (Wildman–Crippen MR) is 50.9 cm³/mol. The molecular formula is C10H20N2. The zero-order chi connectivity index (χ0) is 8.39. The van der Waals surface area contributed by atoms with E-state index in [-0.39, 0.29) is 0 Å². The molecule has 0 amide bonds. The molecule has 70 valence electrons. The number of nitrogens with two attached hydrogens (primary N) is 1. The molecule has 2 rings (SSSR count). The maximum absolute atomic E-state index is 5.41. The molecule has 2 atom stereocenters. The molecule has 2 saturated carbocycles. The van der Waals surface area contributed by atoms with Crippen molar-refractivity contribution in [3.63, 3.8) is 0 Å². The van der Waals surface area contributed by atoms with Gasteiger partial charge in [-0.2, -0.15) is 0 Å². The molecule has 2 aliphatic rings. The van der Waals surface area contributed by atoms with Crippen molar-refractivity contribution in [3.05, 3.63) is 0 Å². The lowest BCUT2D eigenvalue weighted by Crippen LogP contribution is -2.24. The Balaban J connectivity index is 1.50. The fourth-order valence-electron chi connectivity index (χ4n) is 2.54. The van der Waals surface area contributed by atoms with Crippen LogP contribution in [0.2, 0.25) is 0 Å². The summed E-state index contributed by atoms with van der Waals surface area (Å²) in [6.07, 6.45) is 5.67. The van der Waals surface area contributed by atoms with E-state index in [0.717, 1.165) is 37.3 Å². The second-order valence-electron chi connectivity index (χ2n) is 4.44. The molecule has 0 radical (unpaired) electrons. The van der Waals surface area contributed by atoms with Crippen LogP contribution in [-0.2, 0) is 0 Å². The van der Waals surface area contributed by atoms with Gasteiger partial charge in [-0.25, -0.2) is 0 Å². The summed E-state index contributed by atoms with van der Waals surface area (Å²) in [4.78, 5) is 0. The van der Waals surface area contributed by atoms with Crippen molar-refractivity contribution >= 4 is 0 Å². The predicted octanol–water partition coefficient (Wildman–Crippen LogP) is 0.971. The summed E-state index contributed by atoms with van der Waals surface area (Å²) in [5.41, 5.74) is 5.41. The second kappa shape index (κ2) is 3.75. The van der Waals surface area contributed by atoms with Gasteiger partial charge in [-0.15, -0.1) is 0 Å². The lowest BCUT2D eigenvalue weighted by Gasteiger charge is -2.11. The summed E-state index contributed by atoms with van der Waals surface area (Å²) in [7, 11) is 0. The summed E-state index contributed by atoms with van der Waals surface area (Å²) in [5.74, 6) is 3.25. The molecule has 2 fully saturated rings. The minimum atomic E-state index is 0.822. The number of fused-ring (bicyclic) bond motifs is 1. The first-order valence-electron chi connectivity index (χ1n) is 5.31. The van der Waals surface area contributed by atoms with Crippen LogP contribution in [0.15, 0.2) is 0 Å². The van der Waals surface area contributed by atoms with Crippen molar-refractivity contribution in [2.24, 2.45) is 23.5 Å². The Morgan fingerprint density at radius 2 is 1.92 bits per heavy atom. The van der Waals surface area contributed by atoms with Crippen LogP contribution in [0.25, 0.3) is 0 Å². The topological polar surface area (TPSA) is 38.0 Å². The number of rotatable bonds is 5. The van der Waals surface area contributed by atoms with Crippen LogP contribution in [0.3, 0.4) is 0 Å². The van der Waals surface area contributed by atoms with Crippen molar-refractivity contribution < 1.29 is 0 Å². The van der Waals surface area contributed by atoms with E-state index in [4.69, 9.17) is 5.73 Å². The SMILES string of the molecule is NCCCNCC1CC2CC2C1. The van der Waals surface area contributed by atoms with Crippen molar-refractivity contribution in [2.75, 3.05) is 19.6 Å². The Hall–Kier alpha value is -0.0800. The molecule has 0 aliphatic heterocycles. The zero-order valence-corrected chi connectivity index (χ0v) is 7.76. The first kappa shape index (κ1) is 8.52. The Kier molecular flexibility index (Phi) is 2.66. The van der Waals surface area contributed by atoms with Gasteiger partial charge in [0.1, 0.15) is 0 Å². The molecule has 2 heteroatoms. The molecule has 0 saturated heterocycles. The Morgan fingerprint density at radius 3 is 2.58 bits per heavy atom. The first-order chi connectivity index (χ1) is 5.90. The molecule has 12 heavy (non-hydrogen) atoms. The monoisotopic (exact) mass is 168 g/mol.